The third kappa shape index (κ3) is 7.12. The highest BCUT2D eigenvalue weighted by Gasteiger charge is 2.23. The second-order valence-corrected chi connectivity index (χ2v) is 7.25. The molecule has 2 aromatic rings. The number of hydrogen-bond acceptors (Lipinski definition) is 5. The first-order valence-electron chi connectivity index (χ1n) is 10.3. The molecule has 0 bridgehead atoms. The van der Waals surface area contributed by atoms with Crippen molar-refractivity contribution in [3.05, 3.63) is 42.0 Å². The number of nitrogens with one attached hydrogen (secondary N) is 1. The summed E-state index contributed by atoms with van der Waals surface area (Å²) in [4.78, 5) is 7.13. The Kier molecular flexibility index (Phi) is 10.4. The number of methoxy groups -OCH3 is 1. The monoisotopic (exact) mass is 528 g/mol. The zero-order valence-corrected chi connectivity index (χ0v) is 20.4. The smallest absolute Gasteiger partial charge is 0.194 e. The number of ether oxygens (including phenoxy) is 2. The van der Waals surface area contributed by atoms with Crippen LogP contribution in [0.3, 0.4) is 0 Å². The normalized spacial score (nSPS) is 15.0. The van der Waals surface area contributed by atoms with Crippen molar-refractivity contribution in [2.75, 3.05) is 33.4 Å². The van der Waals surface area contributed by atoms with Gasteiger partial charge in [-0.3, -0.25) is 0 Å². The Morgan fingerprint density at radius 1 is 1.20 bits per heavy atom. The van der Waals surface area contributed by atoms with Gasteiger partial charge in [-0.15, -0.1) is 34.2 Å². The minimum Gasteiger partial charge on any atom is -0.490 e. The molecule has 9 heteroatoms. The molecule has 1 fully saturated rings. The number of nitrogens with zero attached hydrogens (tertiary/aromatic N) is 5. The molecule has 2 heterocycles. The lowest BCUT2D eigenvalue weighted by atomic mass is 10.1. The average Bonchev–Trinajstić information content (AvgIpc) is 3.07. The Balaban J connectivity index is 0.00000320. The van der Waals surface area contributed by atoms with Crippen molar-refractivity contribution in [2.24, 2.45) is 12.0 Å². The molecule has 3 rings (SSSR count). The molecule has 0 atom stereocenters. The number of guanidine groups is 1. The van der Waals surface area contributed by atoms with E-state index < -0.39 is 0 Å². The lowest BCUT2D eigenvalue weighted by molar-refractivity contribution is 0.129. The highest BCUT2D eigenvalue weighted by atomic mass is 127. The fourth-order valence-electron chi connectivity index (χ4n) is 3.30. The predicted molar refractivity (Wildman–Crippen MR) is 128 cm³/mol. The van der Waals surface area contributed by atoms with Crippen LogP contribution in [-0.2, 0) is 18.3 Å². The van der Waals surface area contributed by atoms with Crippen LogP contribution in [0.4, 0.5) is 0 Å². The first-order valence-corrected chi connectivity index (χ1v) is 10.3. The van der Waals surface area contributed by atoms with Crippen LogP contribution in [0.1, 0.15) is 30.9 Å². The van der Waals surface area contributed by atoms with E-state index in [9.17, 15) is 0 Å². The van der Waals surface area contributed by atoms with Gasteiger partial charge in [0.05, 0.1) is 0 Å². The summed E-state index contributed by atoms with van der Waals surface area (Å²) in [5.41, 5.74) is 0. The first-order chi connectivity index (χ1) is 14.2. The third-order valence-corrected chi connectivity index (χ3v) is 5.15. The Labute approximate surface area is 196 Å². The lowest BCUT2D eigenvalue weighted by Gasteiger charge is -2.34. The van der Waals surface area contributed by atoms with Crippen molar-refractivity contribution in [3.63, 3.8) is 0 Å². The molecule has 8 nitrogen and oxygen atoms in total. The first kappa shape index (κ1) is 24.4. The molecule has 0 radical (unpaired) electrons. The minimum absolute atomic E-state index is 0. The van der Waals surface area contributed by atoms with Crippen molar-refractivity contribution in [1.29, 1.82) is 0 Å². The number of piperidine rings is 1. The van der Waals surface area contributed by atoms with E-state index in [1.807, 2.05) is 48.9 Å². The average molecular weight is 528 g/mol. The van der Waals surface area contributed by atoms with E-state index in [1.54, 1.807) is 7.11 Å². The molecule has 1 aromatic heterocycles. The molecule has 0 saturated carbocycles. The van der Waals surface area contributed by atoms with E-state index in [0.29, 0.717) is 6.54 Å². The van der Waals surface area contributed by atoms with Crippen molar-refractivity contribution in [2.45, 2.75) is 38.8 Å². The van der Waals surface area contributed by atoms with Crippen LogP contribution >= 0.6 is 24.0 Å². The van der Waals surface area contributed by atoms with E-state index in [2.05, 4.69) is 20.4 Å². The molecule has 166 valence electrons. The van der Waals surface area contributed by atoms with Crippen LogP contribution in [-0.4, -0.2) is 65.1 Å². The fourth-order valence-corrected chi connectivity index (χ4v) is 3.30. The molecule has 1 aromatic carbocycles. The molecule has 0 unspecified atom stereocenters. The zero-order chi connectivity index (χ0) is 20.5. The summed E-state index contributed by atoms with van der Waals surface area (Å²) < 4.78 is 13.3. The van der Waals surface area contributed by atoms with Crippen LogP contribution < -0.4 is 10.1 Å². The molecule has 0 aliphatic carbocycles. The summed E-state index contributed by atoms with van der Waals surface area (Å²) >= 11 is 0. The maximum Gasteiger partial charge on any atom is 0.194 e. The summed E-state index contributed by atoms with van der Waals surface area (Å²) in [6.07, 6.45) is 3.12. The Bertz CT molecular complexity index is 775. The van der Waals surface area contributed by atoms with Gasteiger partial charge < -0.3 is 24.3 Å². The van der Waals surface area contributed by atoms with E-state index >= 15 is 0 Å². The molecule has 30 heavy (non-hydrogen) atoms. The summed E-state index contributed by atoms with van der Waals surface area (Å²) in [5, 5.41) is 11.8. The molecule has 1 N–H and O–H groups in total. The molecule has 1 aliphatic heterocycles. The Morgan fingerprint density at radius 2 is 1.93 bits per heavy atom. The maximum atomic E-state index is 6.12. The number of aromatic nitrogens is 3. The Hall–Kier alpha value is -1.88. The van der Waals surface area contributed by atoms with Gasteiger partial charge in [0.25, 0.3) is 0 Å². The highest BCUT2D eigenvalue weighted by Crippen LogP contribution is 2.18. The number of likely N-dealkylation sites (tertiary alicyclic amines) is 1. The molecular formula is C21H33IN6O2. The van der Waals surface area contributed by atoms with Gasteiger partial charge in [0, 0.05) is 53.2 Å². The van der Waals surface area contributed by atoms with Crippen LogP contribution in [0.15, 0.2) is 35.3 Å². The molecule has 0 amide bonds. The van der Waals surface area contributed by atoms with E-state index in [0.717, 1.165) is 68.9 Å². The number of aliphatic imine (C=N–C) groups is 1. The van der Waals surface area contributed by atoms with Crippen molar-refractivity contribution < 1.29 is 9.47 Å². The summed E-state index contributed by atoms with van der Waals surface area (Å²) in [7, 11) is 3.70. The van der Waals surface area contributed by atoms with Gasteiger partial charge in [0.15, 0.2) is 11.8 Å². The van der Waals surface area contributed by atoms with Crippen LogP contribution in [0, 0.1) is 6.92 Å². The van der Waals surface area contributed by atoms with Gasteiger partial charge >= 0.3 is 0 Å². The highest BCUT2D eigenvalue weighted by molar-refractivity contribution is 14.0. The number of hydrogen-bond donors (Lipinski definition) is 1. The molecule has 1 aliphatic rings. The van der Waals surface area contributed by atoms with Crippen LogP contribution in [0.25, 0.3) is 0 Å². The van der Waals surface area contributed by atoms with Gasteiger partial charge in [-0.2, -0.15) is 0 Å². The van der Waals surface area contributed by atoms with Gasteiger partial charge in [0.1, 0.15) is 24.2 Å². The van der Waals surface area contributed by atoms with Gasteiger partial charge in [-0.1, -0.05) is 18.2 Å². The molecule has 0 spiro atoms. The van der Waals surface area contributed by atoms with Gasteiger partial charge in [-0.05, 0) is 25.5 Å². The lowest BCUT2D eigenvalue weighted by Crippen LogP contribution is -2.47. The second-order valence-electron chi connectivity index (χ2n) is 7.25. The fraction of sp³-hybridized carbons (Fsp3) is 0.571. The van der Waals surface area contributed by atoms with Crippen molar-refractivity contribution in [1.82, 2.24) is 25.0 Å². The zero-order valence-electron chi connectivity index (χ0n) is 18.1. The molecular weight excluding hydrogens is 495 g/mol. The standard InChI is InChI=1S/C21H32N6O2.HI/c1-17-24-25-20(26(17)2)16-23-21(22-12-7-15-28-3)27-13-10-19(11-14-27)29-18-8-5-4-6-9-18;/h4-6,8-9,19H,7,10-16H2,1-3H3,(H,22,23);1H. The quantitative estimate of drug-likeness (QED) is 0.246. The summed E-state index contributed by atoms with van der Waals surface area (Å²) in [5.74, 6) is 3.61. The largest absolute Gasteiger partial charge is 0.490 e. The van der Waals surface area contributed by atoms with Gasteiger partial charge in [0.2, 0.25) is 0 Å². The van der Waals surface area contributed by atoms with Gasteiger partial charge in [-0.25, -0.2) is 4.99 Å². The third-order valence-electron chi connectivity index (χ3n) is 5.15. The van der Waals surface area contributed by atoms with E-state index in [-0.39, 0.29) is 30.1 Å². The van der Waals surface area contributed by atoms with Crippen molar-refractivity contribution >= 4 is 29.9 Å². The number of para-hydroxylation sites is 1. The van der Waals surface area contributed by atoms with Crippen LogP contribution in [0.2, 0.25) is 0 Å². The maximum absolute atomic E-state index is 6.12. The number of halogens is 1. The molecule has 1 saturated heterocycles. The second kappa shape index (κ2) is 12.7. The summed E-state index contributed by atoms with van der Waals surface area (Å²) in [6.45, 7) is 5.82. The topological polar surface area (TPSA) is 76.8 Å². The van der Waals surface area contributed by atoms with Crippen LogP contribution in [0.5, 0.6) is 5.75 Å². The number of rotatable bonds is 8. The summed E-state index contributed by atoms with van der Waals surface area (Å²) in [6, 6.07) is 10.0. The van der Waals surface area contributed by atoms with Crippen molar-refractivity contribution in [3.8, 4) is 5.75 Å². The number of aryl methyl sites for hydroxylation is 1. The number of benzene rings is 1. The predicted octanol–water partition coefficient (Wildman–Crippen LogP) is 2.77. The SMILES string of the molecule is COCCCNC(=NCc1nnc(C)n1C)N1CCC(Oc2ccccc2)CC1.I. The van der Waals surface area contributed by atoms with E-state index in [1.165, 1.54) is 0 Å². The Morgan fingerprint density at radius 3 is 2.57 bits per heavy atom. The minimum atomic E-state index is 0. The van der Waals surface area contributed by atoms with E-state index in [4.69, 9.17) is 14.5 Å².